The molecular formula is C19H14O. The van der Waals surface area contributed by atoms with Gasteiger partial charge in [-0.2, -0.15) is 0 Å². The summed E-state index contributed by atoms with van der Waals surface area (Å²) in [6, 6.07) is 23.3. The lowest BCUT2D eigenvalue weighted by atomic mass is 9.96. The van der Waals surface area contributed by atoms with Gasteiger partial charge in [-0.1, -0.05) is 54.6 Å². The van der Waals surface area contributed by atoms with E-state index in [9.17, 15) is 5.11 Å². The Morgan fingerprint density at radius 2 is 1.40 bits per heavy atom. The van der Waals surface area contributed by atoms with Gasteiger partial charge >= 0.3 is 0 Å². The normalized spacial score (nSPS) is 11.4. The lowest BCUT2D eigenvalue weighted by molar-refractivity contribution is 0.283. The molecule has 0 aliphatic rings. The molecule has 0 saturated carbocycles. The largest absolute Gasteiger partial charge is 0.392 e. The molecule has 4 rings (SSSR count). The second-order valence-corrected chi connectivity index (χ2v) is 5.16. The van der Waals surface area contributed by atoms with Gasteiger partial charge < -0.3 is 5.11 Å². The number of hydrogen-bond donors (Lipinski definition) is 1. The number of aliphatic hydroxyl groups is 1. The molecule has 0 radical (unpaired) electrons. The summed E-state index contributed by atoms with van der Waals surface area (Å²) in [5.41, 5.74) is 0.984. The van der Waals surface area contributed by atoms with Gasteiger partial charge in [0.15, 0.2) is 0 Å². The Balaban J connectivity index is 2.21. The lowest BCUT2D eigenvalue weighted by Crippen LogP contribution is -1.86. The summed E-state index contributed by atoms with van der Waals surface area (Å²) in [7, 11) is 0. The van der Waals surface area contributed by atoms with Crippen LogP contribution >= 0.6 is 0 Å². The minimum atomic E-state index is 0.0798. The Hall–Kier alpha value is -2.38. The van der Waals surface area contributed by atoms with Crippen LogP contribution in [0.1, 0.15) is 5.56 Å². The summed E-state index contributed by atoms with van der Waals surface area (Å²) in [5, 5.41) is 16.8. The SMILES string of the molecule is OCc1cccc2c1ccc1cc3ccccc3cc12. The molecule has 0 spiro atoms. The molecule has 0 amide bonds. The van der Waals surface area contributed by atoms with Crippen LogP contribution in [0.5, 0.6) is 0 Å². The van der Waals surface area contributed by atoms with Crippen LogP contribution in [0.3, 0.4) is 0 Å². The molecule has 0 atom stereocenters. The molecule has 1 heteroatoms. The fourth-order valence-corrected chi connectivity index (χ4v) is 2.98. The first-order valence-corrected chi connectivity index (χ1v) is 6.81. The van der Waals surface area contributed by atoms with Gasteiger partial charge in [-0.3, -0.25) is 0 Å². The predicted octanol–water partition coefficient (Wildman–Crippen LogP) is 4.64. The van der Waals surface area contributed by atoms with E-state index in [1.165, 1.54) is 26.9 Å². The monoisotopic (exact) mass is 258 g/mol. The van der Waals surface area contributed by atoms with Crippen LogP contribution in [-0.2, 0) is 6.61 Å². The summed E-state index contributed by atoms with van der Waals surface area (Å²) in [4.78, 5) is 0. The van der Waals surface area contributed by atoms with Crippen LogP contribution in [0.2, 0.25) is 0 Å². The highest BCUT2D eigenvalue weighted by molar-refractivity contribution is 6.12. The van der Waals surface area contributed by atoms with E-state index in [-0.39, 0.29) is 6.61 Å². The minimum Gasteiger partial charge on any atom is -0.392 e. The van der Waals surface area contributed by atoms with Crippen molar-refractivity contribution in [2.75, 3.05) is 0 Å². The molecule has 20 heavy (non-hydrogen) atoms. The molecule has 0 aliphatic carbocycles. The van der Waals surface area contributed by atoms with E-state index in [1.54, 1.807) is 0 Å². The van der Waals surface area contributed by atoms with Crippen molar-refractivity contribution in [2.24, 2.45) is 0 Å². The molecule has 0 unspecified atom stereocenters. The Kier molecular flexibility index (Phi) is 2.48. The third-order valence-corrected chi connectivity index (χ3v) is 4.00. The van der Waals surface area contributed by atoms with Crippen molar-refractivity contribution in [2.45, 2.75) is 6.61 Å². The second kappa shape index (κ2) is 4.32. The topological polar surface area (TPSA) is 20.2 Å². The molecule has 96 valence electrons. The Bertz CT molecular complexity index is 938. The van der Waals surface area contributed by atoms with Crippen molar-refractivity contribution in [3.8, 4) is 0 Å². The summed E-state index contributed by atoms with van der Waals surface area (Å²) in [5.74, 6) is 0. The Labute approximate surface area is 117 Å². The molecule has 4 aromatic rings. The van der Waals surface area contributed by atoms with Crippen molar-refractivity contribution in [1.82, 2.24) is 0 Å². The van der Waals surface area contributed by atoms with Crippen LogP contribution in [-0.4, -0.2) is 5.11 Å². The average Bonchev–Trinajstić information content (AvgIpc) is 2.52. The lowest BCUT2D eigenvalue weighted by Gasteiger charge is -2.09. The van der Waals surface area contributed by atoms with E-state index in [0.717, 1.165) is 10.9 Å². The smallest absolute Gasteiger partial charge is 0.0687 e. The summed E-state index contributed by atoms with van der Waals surface area (Å²) >= 11 is 0. The van der Waals surface area contributed by atoms with Crippen molar-refractivity contribution in [3.05, 3.63) is 72.3 Å². The fourth-order valence-electron chi connectivity index (χ4n) is 2.98. The first-order valence-electron chi connectivity index (χ1n) is 6.81. The molecule has 1 nitrogen and oxygen atoms in total. The number of benzene rings is 4. The van der Waals surface area contributed by atoms with Gasteiger partial charge in [-0.05, 0) is 50.0 Å². The second-order valence-electron chi connectivity index (χ2n) is 5.16. The van der Waals surface area contributed by atoms with Crippen LogP contribution in [0.25, 0.3) is 32.3 Å². The van der Waals surface area contributed by atoms with Gasteiger partial charge in [-0.15, -0.1) is 0 Å². The van der Waals surface area contributed by atoms with Gasteiger partial charge in [0.05, 0.1) is 6.61 Å². The molecule has 0 aromatic heterocycles. The standard InChI is InChI=1S/C19H14O/c20-12-16-6-3-7-18-17(16)9-8-15-10-13-4-1-2-5-14(13)11-19(15)18/h1-11,20H,12H2. The maximum Gasteiger partial charge on any atom is 0.0687 e. The molecule has 4 aromatic carbocycles. The molecule has 0 heterocycles. The van der Waals surface area contributed by atoms with Crippen LogP contribution in [0.4, 0.5) is 0 Å². The highest BCUT2D eigenvalue weighted by Gasteiger charge is 2.05. The van der Waals surface area contributed by atoms with Crippen molar-refractivity contribution in [3.63, 3.8) is 0 Å². The fraction of sp³-hybridized carbons (Fsp3) is 0.0526. The highest BCUT2D eigenvalue weighted by Crippen LogP contribution is 2.30. The van der Waals surface area contributed by atoms with E-state index in [1.807, 2.05) is 12.1 Å². The number of fused-ring (bicyclic) bond motifs is 4. The first kappa shape index (κ1) is 11.4. The molecule has 0 aliphatic heterocycles. The quantitative estimate of drug-likeness (QED) is 0.389. The highest BCUT2D eigenvalue weighted by atomic mass is 16.3. The minimum absolute atomic E-state index is 0.0798. The summed E-state index contributed by atoms with van der Waals surface area (Å²) < 4.78 is 0. The predicted molar refractivity (Wildman–Crippen MR) is 84.9 cm³/mol. The summed E-state index contributed by atoms with van der Waals surface area (Å²) in [6.07, 6.45) is 0. The van der Waals surface area contributed by atoms with Crippen LogP contribution < -0.4 is 0 Å². The molecule has 0 bridgehead atoms. The zero-order chi connectivity index (χ0) is 13.5. The van der Waals surface area contributed by atoms with Gasteiger partial charge in [0.1, 0.15) is 0 Å². The van der Waals surface area contributed by atoms with E-state index in [2.05, 4.69) is 54.6 Å². The van der Waals surface area contributed by atoms with Crippen molar-refractivity contribution < 1.29 is 5.11 Å². The van der Waals surface area contributed by atoms with Gasteiger partial charge in [-0.25, -0.2) is 0 Å². The van der Waals surface area contributed by atoms with Gasteiger partial charge in [0.2, 0.25) is 0 Å². The third kappa shape index (κ3) is 1.60. The van der Waals surface area contributed by atoms with Crippen molar-refractivity contribution in [1.29, 1.82) is 0 Å². The number of aliphatic hydroxyl groups excluding tert-OH is 1. The molecular weight excluding hydrogens is 244 g/mol. The van der Waals surface area contributed by atoms with E-state index >= 15 is 0 Å². The maximum absolute atomic E-state index is 9.48. The average molecular weight is 258 g/mol. The molecule has 0 fully saturated rings. The molecule has 1 N–H and O–H groups in total. The number of hydrogen-bond acceptors (Lipinski definition) is 1. The zero-order valence-electron chi connectivity index (χ0n) is 11.0. The summed E-state index contributed by atoms with van der Waals surface area (Å²) in [6.45, 7) is 0.0798. The van der Waals surface area contributed by atoms with Gasteiger partial charge in [0, 0.05) is 0 Å². The molecule has 0 saturated heterocycles. The van der Waals surface area contributed by atoms with Gasteiger partial charge in [0.25, 0.3) is 0 Å². The maximum atomic E-state index is 9.48. The Morgan fingerprint density at radius 1 is 0.600 bits per heavy atom. The van der Waals surface area contributed by atoms with E-state index in [0.29, 0.717) is 0 Å². The number of rotatable bonds is 1. The zero-order valence-corrected chi connectivity index (χ0v) is 11.0. The Morgan fingerprint density at radius 3 is 2.20 bits per heavy atom. The van der Waals surface area contributed by atoms with Crippen LogP contribution in [0.15, 0.2) is 66.7 Å². The van der Waals surface area contributed by atoms with Crippen LogP contribution in [0, 0.1) is 0 Å². The van der Waals surface area contributed by atoms with E-state index in [4.69, 9.17) is 0 Å². The third-order valence-electron chi connectivity index (χ3n) is 4.00. The van der Waals surface area contributed by atoms with Crippen molar-refractivity contribution >= 4 is 32.3 Å². The first-order chi connectivity index (χ1) is 9.86. The van der Waals surface area contributed by atoms with E-state index < -0.39 is 0 Å².